The first kappa shape index (κ1) is 15.2. The highest BCUT2D eigenvalue weighted by Crippen LogP contribution is 2.18. The van der Waals surface area contributed by atoms with Crippen LogP contribution < -0.4 is 5.32 Å². The van der Waals surface area contributed by atoms with E-state index in [9.17, 15) is 20.0 Å². The zero-order valence-corrected chi connectivity index (χ0v) is 11.3. The number of hydrogen-bond donors (Lipinski definition) is 2. The van der Waals surface area contributed by atoms with Crippen LogP contribution in [0.25, 0.3) is 0 Å². The van der Waals surface area contributed by atoms with E-state index in [4.69, 9.17) is 0 Å². The molecule has 106 valence electrons. The van der Waals surface area contributed by atoms with Crippen molar-refractivity contribution in [2.24, 2.45) is 0 Å². The maximum atomic E-state index is 12.1. The molecule has 7 nitrogen and oxygen atoms in total. The molecule has 1 unspecified atom stereocenters. The minimum absolute atomic E-state index is 0.116. The predicted molar refractivity (Wildman–Crippen MR) is 70.0 cm³/mol. The van der Waals surface area contributed by atoms with Gasteiger partial charge in [-0.2, -0.15) is 0 Å². The van der Waals surface area contributed by atoms with Crippen LogP contribution in [-0.2, 0) is 6.54 Å². The topological polar surface area (TPSA) is 97.4 Å². The number of nitro groups is 1. The first-order valence-corrected chi connectivity index (χ1v) is 6.14. The van der Waals surface area contributed by atoms with Gasteiger partial charge in [0.2, 0.25) is 0 Å². The fourth-order valence-electron chi connectivity index (χ4n) is 1.62. The van der Waals surface area contributed by atoms with Crippen LogP contribution in [0.15, 0.2) is 12.3 Å². The van der Waals surface area contributed by atoms with Crippen LogP contribution in [0, 0.1) is 10.1 Å². The predicted octanol–water partition coefficient (Wildman–Crippen LogP) is 1.31. The van der Waals surface area contributed by atoms with Gasteiger partial charge < -0.3 is 15.0 Å². The summed E-state index contributed by atoms with van der Waals surface area (Å²) in [7, 11) is 0. The van der Waals surface area contributed by atoms with Gasteiger partial charge in [0.15, 0.2) is 0 Å². The molecule has 2 N–H and O–H groups in total. The number of nitrogens with zero attached hydrogens (tertiary/aromatic N) is 2. The standard InChI is InChI=1S/C12H19N3O4/c1-4-12(3,8-16)13-11(17)10-6-9(15(18)19)7-14(10)5-2/h6-7,16H,4-5,8H2,1-3H3,(H,13,17). The summed E-state index contributed by atoms with van der Waals surface area (Å²) in [6, 6.07) is 1.24. The Morgan fingerprint density at radius 3 is 2.63 bits per heavy atom. The SMILES string of the molecule is CCn1cc([N+](=O)[O-])cc1C(=O)NC(C)(CC)CO. The van der Waals surface area contributed by atoms with Crippen LogP contribution >= 0.6 is 0 Å². The van der Waals surface area contributed by atoms with Gasteiger partial charge in [-0.25, -0.2) is 0 Å². The number of amides is 1. The van der Waals surface area contributed by atoms with E-state index < -0.39 is 16.4 Å². The smallest absolute Gasteiger partial charge is 0.287 e. The minimum Gasteiger partial charge on any atom is -0.394 e. The Bertz CT molecular complexity index is 477. The lowest BCUT2D eigenvalue weighted by Gasteiger charge is -2.27. The van der Waals surface area contributed by atoms with Crippen LogP contribution in [0.4, 0.5) is 5.69 Å². The third-order valence-corrected chi connectivity index (χ3v) is 3.21. The van der Waals surface area contributed by atoms with Crippen molar-refractivity contribution in [1.82, 2.24) is 9.88 Å². The Morgan fingerprint density at radius 1 is 1.58 bits per heavy atom. The van der Waals surface area contributed by atoms with Crippen LogP contribution in [-0.4, -0.2) is 32.6 Å². The summed E-state index contributed by atoms with van der Waals surface area (Å²) in [6.07, 6.45) is 1.89. The fraction of sp³-hybridized carbons (Fsp3) is 0.583. The zero-order chi connectivity index (χ0) is 14.6. The Morgan fingerprint density at radius 2 is 2.21 bits per heavy atom. The summed E-state index contributed by atoms with van der Waals surface area (Å²) in [5, 5.41) is 22.7. The van der Waals surface area contributed by atoms with Gasteiger partial charge >= 0.3 is 0 Å². The van der Waals surface area contributed by atoms with E-state index in [1.54, 1.807) is 13.8 Å². The van der Waals surface area contributed by atoms with Crippen molar-refractivity contribution in [2.45, 2.75) is 39.3 Å². The fourth-order valence-corrected chi connectivity index (χ4v) is 1.62. The van der Waals surface area contributed by atoms with Gasteiger partial charge in [-0.1, -0.05) is 6.92 Å². The molecule has 0 aliphatic rings. The highest BCUT2D eigenvalue weighted by molar-refractivity contribution is 5.94. The average molecular weight is 269 g/mol. The number of nitrogens with one attached hydrogen (secondary N) is 1. The first-order chi connectivity index (χ1) is 8.86. The normalized spacial score (nSPS) is 13.9. The van der Waals surface area contributed by atoms with Crippen molar-refractivity contribution in [3.63, 3.8) is 0 Å². The highest BCUT2D eigenvalue weighted by atomic mass is 16.6. The zero-order valence-electron chi connectivity index (χ0n) is 11.3. The van der Waals surface area contributed by atoms with Crippen molar-refractivity contribution < 1.29 is 14.8 Å². The van der Waals surface area contributed by atoms with E-state index in [1.165, 1.54) is 16.8 Å². The molecule has 1 rings (SSSR count). The van der Waals surface area contributed by atoms with Gasteiger partial charge in [-0.05, 0) is 20.3 Å². The minimum atomic E-state index is -0.727. The first-order valence-electron chi connectivity index (χ1n) is 6.14. The largest absolute Gasteiger partial charge is 0.394 e. The van der Waals surface area contributed by atoms with Crippen molar-refractivity contribution >= 4 is 11.6 Å². The van der Waals surface area contributed by atoms with Crippen molar-refractivity contribution in [3.8, 4) is 0 Å². The lowest BCUT2D eigenvalue weighted by atomic mass is 10.00. The molecule has 0 aliphatic heterocycles. The molecule has 1 aromatic rings. The third kappa shape index (κ3) is 3.31. The van der Waals surface area contributed by atoms with Gasteiger partial charge in [0.05, 0.1) is 23.3 Å². The van der Waals surface area contributed by atoms with Gasteiger partial charge in [0.25, 0.3) is 11.6 Å². The molecular formula is C12H19N3O4. The highest BCUT2D eigenvalue weighted by Gasteiger charge is 2.26. The molecule has 0 fully saturated rings. The van der Waals surface area contributed by atoms with E-state index >= 15 is 0 Å². The second-order valence-corrected chi connectivity index (χ2v) is 4.65. The number of hydrogen-bond acceptors (Lipinski definition) is 4. The Hall–Kier alpha value is -1.89. The lowest BCUT2D eigenvalue weighted by molar-refractivity contribution is -0.384. The third-order valence-electron chi connectivity index (χ3n) is 3.21. The van der Waals surface area contributed by atoms with Crippen LogP contribution in [0.2, 0.25) is 0 Å². The van der Waals surface area contributed by atoms with Gasteiger partial charge in [-0.15, -0.1) is 0 Å². The quantitative estimate of drug-likeness (QED) is 0.601. The summed E-state index contributed by atoms with van der Waals surface area (Å²) in [4.78, 5) is 22.3. The van der Waals surface area contributed by atoms with Gasteiger partial charge in [0.1, 0.15) is 5.69 Å². The summed E-state index contributed by atoms with van der Waals surface area (Å²) in [5.41, 5.74) is -0.620. The number of rotatable bonds is 6. The Balaban J connectivity index is 3.02. The molecule has 0 aliphatic carbocycles. The maximum absolute atomic E-state index is 12.1. The molecule has 0 saturated carbocycles. The summed E-state index contributed by atoms with van der Waals surface area (Å²) >= 11 is 0. The van der Waals surface area contributed by atoms with Crippen molar-refractivity contribution in [1.29, 1.82) is 0 Å². The molecule has 1 aromatic heterocycles. The summed E-state index contributed by atoms with van der Waals surface area (Å²) < 4.78 is 1.51. The summed E-state index contributed by atoms with van der Waals surface area (Å²) in [5.74, 6) is -0.423. The van der Waals surface area contributed by atoms with Crippen LogP contribution in [0.3, 0.4) is 0 Å². The molecule has 1 heterocycles. The second kappa shape index (κ2) is 5.83. The number of aryl methyl sites for hydroxylation is 1. The molecule has 0 saturated heterocycles. The molecule has 0 spiro atoms. The van der Waals surface area contributed by atoms with Gasteiger partial charge in [0, 0.05) is 12.6 Å². The van der Waals surface area contributed by atoms with Crippen LogP contribution in [0.5, 0.6) is 0 Å². The molecule has 0 bridgehead atoms. The second-order valence-electron chi connectivity index (χ2n) is 4.65. The molecule has 1 amide bonds. The Kier molecular flexibility index (Phi) is 4.66. The molecule has 0 aromatic carbocycles. The molecular weight excluding hydrogens is 250 g/mol. The molecule has 19 heavy (non-hydrogen) atoms. The maximum Gasteiger partial charge on any atom is 0.287 e. The van der Waals surface area contributed by atoms with E-state index in [0.717, 1.165) is 0 Å². The van der Waals surface area contributed by atoms with Crippen molar-refractivity contribution in [2.75, 3.05) is 6.61 Å². The molecule has 1 atom stereocenters. The number of carbonyl (C=O) groups is 1. The number of aliphatic hydroxyl groups excluding tert-OH is 1. The number of carbonyl (C=O) groups excluding carboxylic acids is 1. The van der Waals surface area contributed by atoms with E-state index in [0.29, 0.717) is 13.0 Å². The number of aromatic nitrogens is 1. The Labute approximate surface area is 111 Å². The summed E-state index contributed by atoms with van der Waals surface area (Å²) in [6.45, 7) is 5.63. The monoisotopic (exact) mass is 269 g/mol. The van der Waals surface area contributed by atoms with E-state index in [1.807, 2.05) is 6.92 Å². The van der Waals surface area contributed by atoms with Gasteiger partial charge in [-0.3, -0.25) is 14.9 Å². The van der Waals surface area contributed by atoms with E-state index in [2.05, 4.69) is 5.32 Å². The van der Waals surface area contributed by atoms with E-state index in [-0.39, 0.29) is 18.0 Å². The van der Waals surface area contributed by atoms with Crippen LogP contribution in [0.1, 0.15) is 37.7 Å². The number of aliphatic hydroxyl groups is 1. The average Bonchev–Trinajstić information content (AvgIpc) is 2.82. The lowest BCUT2D eigenvalue weighted by Crippen LogP contribution is -2.48. The van der Waals surface area contributed by atoms with Crippen molar-refractivity contribution in [3.05, 3.63) is 28.1 Å². The molecule has 7 heteroatoms. The molecule has 0 radical (unpaired) electrons.